The number of benzene rings is 1. The van der Waals surface area contributed by atoms with Crippen molar-refractivity contribution in [2.24, 2.45) is 0 Å². The van der Waals surface area contributed by atoms with Crippen molar-refractivity contribution in [1.29, 1.82) is 0 Å². The lowest BCUT2D eigenvalue weighted by atomic mass is 10.2. The summed E-state index contributed by atoms with van der Waals surface area (Å²) in [6, 6.07) is 7.40. The minimum Gasteiger partial charge on any atom is -0.257 e. The molecule has 1 rings (SSSR count). The fourth-order valence-electron chi connectivity index (χ4n) is 0.928. The summed E-state index contributed by atoms with van der Waals surface area (Å²) >= 11 is 1.22. The molecule has 0 aromatic heterocycles. The van der Waals surface area contributed by atoms with Crippen molar-refractivity contribution in [3.63, 3.8) is 0 Å². The van der Waals surface area contributed by atoms with Crippen LogP contribution in [0.15, 0.2) is 30.3 Å². The van der Waals surface area contributed by atoms with E-state index in [-0.39, 0.29) is 5.56 Å². The summed E-state index contributed by atoms with van der Waals surface area (Å²) in [6.07, 6.45) is 0. The second-order valence-electron chi connectivity index (χ2n) is 2.47. The number of hydrogen-bond acceptors (Lipinski definition) is 4. The number of hydrogen-bond donors (Lipinski definition) is 0. The molecule has 1 aromatic carbocycles. The van der Waals surface area contributed by atoms with Gasteiger partial charge in [-0.3, -0.25) is 20.2 Å². The Labute approximate surface area is 92.4 Å². The number of nitro groups is 2. The maximum atomic E-state index is 10.6. The first kappa shape index (κ1) is 10.8. The number of nitrogens with zero attached hydrogens (tertiary/aromatic N) is 2. The Kier molecular flexibility index (Phi) is 2.99. The van der Waals surface area contributed by atoms with E-state index in [1.54, 1.807) is 6.07 Å². The minimum absolute atomic E-state index is 0.0515. The molecule has 0 unspecified atom stereocenters. The molecule has 14 heavy (non-hydrogen) atoms. The van der Waals surface area contributed by atoms with E-state index in [4.69, 9.17) is 0 Å². The third-order valence-electron chi connectivity index (χ3n) is 1.62. The lowest BCUT2D eigenvalue weighted by Crippen LogP contribution is -2.36. The van der Waals surface area contributed by atoms with Crippen LogP contribution in [0.5, 0.6) is 0 Å². The first-order valence-corrected chi connectivity index (χ1v) is 4.61. The van der Waals surface area contributed by atoms with Gasteiger partial charge in [-0.2, -0.15) is 0 Å². The Balaban J connectivity index is 3.27. The third-order valence-corrected chi connectivity index (χ3v) is 3.04. The van der Waals surface area contributed by atoms with Crippen molar-refractivity contribution in [1.82, 2.24) is 0 Å². The fraction of sp³-hybridized carbons (Fsp3) is 0.143. The third kappa shape index (κ3) is 1.67. The molecular formula is C7H5IN2O4. The highest BCUT2D eigenvalue weighted by atomic mass is 127. The van der Waals surface area contributed by atoms with Crippen molar-refractivity contribution in [3.8, 4) is 0 Å². The van der Waals surface area contributed by atoms with E-state index in [2.05, 4.69) is 0 Å². The van der Waals surface area contributed by atoms with Crippen LogP contribution in [0.3, 0.4) is 0 Å². The van der Waals surface area contributed by atoms with Gasteiger partial charge in [0.2, 0.25) is 0 Å². The van der Waals surface area contributed by atoms with Gasteiger partial charge in [-0.25, -0.2) is 0 Å². The second kappa shape index (κ2) is 3.86. The van der Waals surface area contributed by atoms with Crippen LogP contribution in [-0.2, 0) is 3.67 Å². The lowest BCUT2D eigenvalue weighted by molar-refractivity contribution is -0.764. The van der Waals surface area contributed by atoms with Crippen molar-refractivity contribution >= 4 is 22.6 Å². The topological polar surface area (TPSA) is 86.3 Å². The van der Waals surface area contributed by atoms with Gasteiger partial charge in [0, 0.05) is 0 Å². The summed E-state index contributed by atoms with van der Waals surface area (Å²) in [4.78, 5) is 19.4. The van der Waals surface area contributed by atoms with Crippen molar-refractivity contribution in [2.75, 3.05) is 0 Å². The van der Waals surface area contributed by atoms with Gasteiger partial charge in [0.25, 0.3) is 0 Å². The van der Waals surface area contributed by atoms with E-state index in [1.807, 2.05) is 0 Å². The highest BCUT2D eigenvalue weighted by Crippen LogP contribution is 2.32. The Morgan fingerprint density at radius 3 is 1.86 bits per heavy atom. The highest BCUT2D eigenvalue weighted by Gasteiger charge is 2.55. The summed E-state index contributed by atoms with van der Waals surface area (Å²) in [6.45, 7) is 0. The van der Waals surface area contributed by atoms with Crippen LogP contribution >= 0.6 is 22.6 Å². The monoisotopic (exact) mass is 308 g/mol. The maximum Gasteiger partial charge on any atom is 0.529 e. The molecule has 0 heterocycles. The van der Waals surface area contributed by atoms with Crippen LogP contribution in [0, 0.1) is 20.2 Å². The molecule has 0 amide bonds. The predicted octanol–water partition coefficient (Wildman–Crippen LogP) is 1.79. The summed E-state index contributed by atoms with van der Waals surface area (Å²) in [5.41, 5.74) is 0.0515. The minimum atomic E-state index is -2.29. The van der Waals surface area contributed by atoms with Crippen LogP contribution in [-0.4, -0.2) is 9.85 Å². The van der Waals surface area contributed by atoms with Crippen LogP contribution in [0.4, 0.5) is 0 Å². The zero-order chi connectivity index (χ0) is 10.8. The standard InChI is InChI=1S/C7H5IN2O4/c8-7(9(11)12,10(13)14)6-4-2-1-3-5-6/h1-5H. The Morgan fingerprint density at radius 2 is 1.50 bits per heavy atom. The number of alkyl halides is 1. The van der Waals surface area contributed by atoms with Gasteiger partial charge in [0.15, 0.2) is 0 Å². The maximum absolute atomic E-state index is 10.6. The summed E-state index contributed by atoms with van der Waals surface area (Å²) < 4.78 is -2.29. The normalized spacial score (nSPS) is 10.9. The summed E-state index contributed by atoms with van der Waals surface area (Å²) in [7, 11) is 0. The van der Waals surface area contributed by atoms with Crippen LogP contribution in [0.25, 0.3) is 0 Å². The van der Waals surface area contributed by atoms with Crippen LogP contribution in [0.2, 0.25) is 0 Å². The molecule has 7 heteroatoms. The average molecular weight is 308 g/mol. The zero-order valence-electron chi connectivity index (χ0n) is 6.79. The molecule has 1 aromatic rings. The molecule has 0 radical (unpaired) electrons. The molecule has 0 saturated heterocycles. The second-order valence-corrected chi connectivity index (χ2v) is 3.97. The molecule has 6 nitrogen and oxygen atoms in total. The van der Waals surface area contributed by atoms with E-state index >= 15 is 0 Å². The fourth-order valence-corrected chi connectivity index (χ4v) is 1.29. The van der Waals surface area contributed by atoms with Gasteiger partial charge in [0.1, 0.15) is 38.0 Å². The van der Waals surface area contributed by atoms with Crippen molar-refractivity contribution in [2.45, 2.75) is 3.67 Å². The quantitative estimate of drug-likeness (QED) is 0.213. The molecule has 0 aliphatic rings. The molecule has 0 aliphatic carbocycles. The number of halogens is 1. The SMILES string of the molecule is O=[N+]([O-])C(I)(c1ccccc1)[N+](=O)[O-]. The van der Waals surface area contributed by atoms with Gasteiger partial charge in [-0.15, -0.1) is 0 Å². The van der Waals surface area contributed by atoms with E-state index in [0.717, 1.165) is 0 Å². The first-order chi connectivity index (χ1) is 6.49. The van der Waals surface area contributed by atoms with E-state index < -0.39 is 13.5 Å². The molecule has 0 bridgehead atoms. The van der Waals surface area contributed by atoms with Crippen LogP contribution in [0.1, 0.15) is 5.56 Å². The van der Waals surface area contributed by atoms with Gasteiger partial charge in [-0.1, -0.05) is 18.2 Å². The molecule has 0 aliphatic heterocycles. The Hall–Kier alpha value is -1.25. The van der Waals surface area contributed by atoms with E-state index in [0.29, 0.717) is 0 Å². The van der Waals surface area contributed by atoms with Gasteiger partial charge < -0.3 is 0 Å². The molecule has 0 saturated carbocycles. The average Bonchev–Trinajstić information content (AvgIpc) is 2.17. The van der Waals surface area contributed by atoms with E-state index in [1.165, 1.54) is 46.9 Å². The highest BCUT2D eigenvalue weighted by molar-refractivity contribution is 14.1. The molecule has 0 spiro atoms. The molecule has 0 fully saturated rings. The van der Waals surface area contributed by atoms with Crippen molar-refractivity contribution < 1.29 is 9.85 Å². The lowest BCUT2D eigenvalue weighted by Gasteiger charge is -2.09. The predicted molar refractivity (Wildman–Crippen MR) is 56.1 cm³/mol. The molecular weight excluding hydrogens is 303 g/mol. The number of rotatable bonds is 3. The molecule has 0 N–H and O–H groups in total. The molecule has 74 valence electrons. The largest absolute Gasteiger partial charge is 0.529 e. The Bertz CT molecular complexity index is 353. The van der Waals surface area contributed by atoms with Gasteiger partial charge in [-0.05, 0) is 12.1 Å². The van der Waals surface area contributed by atoms with Crippen LogP contribution < -0.4 is 0 Å². The van der Waals surface area contributed by atoms with E-state index in [9.17, 15) is 20.2 Å². The van der Waals surface area contributed by atoms with Gasteiger partial charge >= 0.3 is 3.67 Å². The zero-order valence-corrected chi connectivity index (χ0v) is 8.95. The van der Waals surface area contributed by atoms with Crippen molar-refractivity contribution in [3.05, 3.63) is 56.1 Å². The smallest absolute Gasteiger partial charge is 0.257 e. The van der Waals surface area contributed by atoms with Gasteiger partial charge in [0.05, 0.1) is 0 Å². The Morgan fingerprint density at radius 1 is 1.07 bits per heavy atom. The summed E-state index contributed by atoms with van der Waals surface area (Å²) in [5.74, 6) is 0. The first-order valence-electron chi connectivity index (χ1n) is 3.53. The summed E-state index contributed by atoms with van der Waals surface area (Å²) in [5, 5.41) is 21.2. The molecule has 0 atom stereocenters.